The summed E-state index contributed by atoms with van der Waals surface area (Å²) in [6.07, 6.45) is 4.80. The molecule has 1 aromatic carbocycles. The van der Waals surface area contributed by atoms with Crippen LogP contribution in [0.3, 0.4) is 0 Å². The second-order valence-corrected chi connectivity index (χ2v) is 7.90. The minimum Gasteiger partial charge on any atom is -0.324 e. The molecular weight excluding hydrogens is 435 g/mol. The smallest absolute Gasteiger partial charge is 0.256 e. The van der Waals surface area contributed by atoms with Gasteiger partial charge in [-0.3, -0.25) is 9.78 Å². The number of aromatic nitrogens is 6. The van der Waals surface area contributed by atoms with Crippen LogP contribution in [0.25, 0.3) is 28.3 Å². The number of imidazole rings is 2. The first-order valence-electron chi connectivity index (χ1n) is 10.8. The zero-order chi connectivity index (χ0) is 23.1. The van der Waals surface area contributed by atoms with Crippen molar-refractivity contribution >= 4 is 17.4 Å². The lowest BCUT2D eigenvalue weighted by Gasteiger charge is -2.17. The Hall–Kier alpha value is -4.44. The first kappa shape index (κ1) is 20.2. The zero-order valence-corrected chi connectivity index (χ0v) is 17.9. The predicted octanol–water partition coefficient (Wildman–Crippen LogP) is 3.15. The average molecular weight is 454 g/mol. The summed E-state index contributed by atoms with van der Waals surface area (Å²) in [5.74, 6) is 0.723. The Labute approximate surface area is 193 Å². The van der Waals surface area contributed by atoms with Gasteiger partial charge in [-0.15, -0.1) is 0 Å². The quantitative estimate of drug-likeness (QED) is 0.433. The number of rotatable bonds is 4. The largest absolute Gasteiger partial charge is 0.324 e. The third kappa shape index (κ3) is 3.59. The van der Waals surface area contributed by atoms with E-state index in [1.54, 1.807) is 47.4 Å². The highest BCUT2D eigenvalue weighted by Crippen LogP contribution is 2.33. The molecule has 10 heteroatoms. The van der Waals surface area contributed by atoms with Crippen molar-refractivity contribution in [3.8, 4) is 22.6 Å². The van der Waals surface area contributed by atoms with Crippen molar-refractivity contribution in [3.05, 3.63) is 84.3 Å². The Balaban J connectivity index is 1.40. The lowest BCUT2D eigenvalue weighted by atomic mass is 10.1. The van der Waals surface area contributed by atoms with E-state index in [1.165, 1.54) is 12.1 Å². The van der Waals surface area contributed by atoms with Gasteiger partial charge in [0.2, 0.25) is 0 Å². The number of nitrogens with zero attached hydrogens (tertiary/aromatic N) is 6. The number of anilines is 1. The van der Waals surface area contributed by atoms with Crippen molar-refractivity contribution in [2.45, 2.75) is 13.1 Å². The normalized spacial score (nSPS) is 13.1. The van der Waals surface area contributed by atoms with Gasteiger partial charge >= 0.3 is 0 Å². The molecule has 4 aromatic heterocycles. The second-order valence-electron chi connectivity index (χ2n) is 7.90. The maximum absolute atomic E-state index is 13.5. The fourth-order valence-corrected chi connectivity index (χ4v) is 4.10. The molecule has 0 bridgehead atoms. The van der Waals surface area contributed by atoms with Crippen molar-refractivity contribution in [2.24, 2.45) is 0 Å². The van der Waals surface area contributed by atoms with Gasteiger partial charge in [0.05, 0.1) is 24.1 Å². The van der Waals surface area contributed by atoms with E-state index in [0.717, 1.165) is 35.9 Å². The van der Waals surface area contributed by atoms with Crippen LogP contribution in [0.2, 0.25) is 0 Å². The molecule has 0 aliphatic carbocycles. The molecule has 9 nitrogen and oxygen atoms in total. The summed E-state index contributed by atoms with van der Waals surface area (Å²) in [4.78, 5) is 25.7. The molecule has 1 amide bonds. The Morgan fingerprint density at radius 3 is 2.68 bits per heavy atom. The van der Waals surface area contributed by atoms with E-state index >= 15 is 0 Å². The maximum atomic E-state index is 13.5. The van der Waals surface area contributed by atoms with E-state index in [0.29, 0.717) is 29.3 Å². The third-order valence-electron chi connectivity index (χ3n) is 5.71. The van der Waals surface area contributed by atoms with E-state index in [1.807, 2.05) is 12.1 Å². The topological polar surface area (TPSA) is 102 Å². The molecule has 0 spiro atoms. The lowest BCUT2D eigenvalue weighted by molar-refractivity contribution is 0.102. The number of benzene rings is 1. The molecule has 0 fully saturated rings. The summed E-state index contributed by atoms with van der Waals surface area (Å²) in [6.45, 7) is 2.21. The fraction of sp³-hybridized carbons (Fsp3) is 0.125. The van der Waals surface area contributed by atoms with Crippen molar-refractivity contribution in [3.63, 3.8) is 0 Å². The van der Waals surface area contributed by atoms with Gasteiger partial charge in [0.1, 0.15) is 17.3 Å². The predicted molar refractivity (Wildman–Crippen MR) is 123 cm³/mol. The molecule has 5 heterocycles. The molecule has 34 heavy (non-hydrogen) atoms. The highest BCUT2D eigenvalue weighted by atomic mass is 19.1. The third-order valence-corrected chi connectivity index (χ3v) is 5.71. The Morgan fingerprint density at radius 2 is 1.85 bits per heavy atom. The van der Waals surface area contributed by atoms with Crippen LogP contribution in [0.1, 0.15) is 16.2 Å². The molecule has 168 valence electrons. The standard InChI is InChI=1S/C24H19FN8O/c25-17-3-1-15(2-4-17)22-23(32-12-11-27-13-21(32)30-22)18-5-6-20-28-19(14-33(20)31-18)29-24(34)16-7-9-26-10-8-16/h1-10,14,27H,11-13H2,(H,29,34). The van der Waals surface area contributed by atoms with Crippen LogP contribution < -0.4 is 10.6 Å². The molecule has 5 aromatic rings. The fourth-order valence-electron chi connectivity index (χ4n) is 4.10. The highest BCUT2D eigenvalue weighted by molar-refractivity contribution is 6.03. The number of nitrogens with one attached hydrogen (secondary N) is 2. The highest BCUT2D eigenvalue weighted by Gasteiger charge is 2.23. The lowest BCUT2D eigenvalue weighted by Crippen LogP contribution is -2.28. The first-order valence-corrected chi connectivity index (χ1v) is 10.8. The minimum absolute atomic E-state index is 0.276. The van der Waals surface area contributed by atoms with Gasteiger partial charge in [-0.25, -0.2) is 18.9 Å². The number of pyridine rings is 1. The number of fused-ring (bicyclic) bond motifs is 2. The number of hydrogen-bond acceptors (Lipinski definition) is 6. The molecule has 1 aliphatic rings. The van der Waals surface area contributed by atoms with E-state index < -0.39 is 0 Å². The summed E-state index contributed by atoms with van der Waals surface area (Å²) < 4.78 is 17.3. The Bertz CT molecular complexity index is 1510. The van der Waals surface area contributed by atoms with Crippen LogP contribution >= 0.6 is 0 Å². The number of carbonyl (C=O) groups is 1. The van der Waals surface area contributed by atoms with E-state index in [-0.39, 0.29) is 11.7 Å². The molecule has 0 saturated carbocycles. The van der Waals surface area contributed by atoms with Crippen LogP contribution in [0, 0.1) is 5.82 Å². The summed E-state index contributed by atoms with van der Waals surface area (Å²) in [7, 11) is 0. The van der Waals surface area contributed by atoms with Crippen LogP contribution in [0.15, 0.2) is 67.1 Å². The average Bonchev–Trinajstić information content (AvgIpc) is 3.45. The van der Waals surface area contributed by atoms with Crippen molar-refractivity contribution in [1.82, 2.24) is 34.4 Å². The van der Waals surface area contributed by atoms with Gasteiger partial charge in [0.15, 0.2) is 11.5 Å². The first-order chi connectivity index (χ1) is 16.7. The molecule has 6 rings (SSSR count). The minimum atomic E-state index is -0.296. The van der Waals surface area contributed by atoms with Crippen molar-refractivity contribution < 1.29 is 9.18 Å². The zero-order valence-electron chi connectivity index (χ0n) is 17.9. The van der Waals surface area contributed by atoms with Gasteiger partial charge in [-0.05, 0) is 48.5 Å². The van der Waals surface area contributed by atoms with Crippen LogP contribution in [-0.2, 0) is 13.1 Å². The summed E-state index contributed by atoms with van der Waals surface area (Å²) >= 11 is 0. The van der Waals surface area contributed by atoms with Gasteiger partial charge < -0.3 is 15.2 Å². The molecule has 0 saturated heterocycles. The molecule has 0 radical (unpaired) electrons. The van der Waals surface area contributed by atoms with Gasteiger partial charge in [-0.1, -0.05) is 0 Å². The van der Waals surface area contributed by atoms with Crippen LogP contribution in [0.4, 0.5) is 10.2 Å². The SMILES string of the molecule is O=C(Nc1cn2nc(-c3c(-c4ccc(F)cc4)nc4n3CCNC4)ccc2n1)c1ccncc1. The molecule has 2 N–H and O–H groups in total. The van der Waals surface area contributed by atoms with Gasteiger partial charge in [0.25, 0.3) is 5.91 Å². The summed E-state index contributed by atoms with van der Waals surface area (Å²) in [5.41, 5.74) is 4.22. The molecule has 0 unspecified atom stereocenters. The number of amides is 1. The van der Waals surface area contributed by atoms with Crippen molar-refractivity contribution in [1.29, 1.82) is 0 Å². The van der Waals surface area contributed by atoms with E-state index in [2.05, 4.69) is 25.2 Å². The van der Waals surface area contributed by atoms with Gasteiger partial charge in [0, 0.05) is 36.6 Å². The van der Waals surface area contributed by atoms with E-state index in [9.17, 15) is 9.18 Å². The summed E-state index contributed by atoms with van der Waals surface area (Å²) in [5, 5.41) is 10.9. The monoisotopic (exact) mass is 454 g/mol. The number of carbonyl (C=O) groups excluding carboxylic acids is 1. The maximum Gasteiger partial charge on any atom is 0.256 e. The Kier molecular flexibility index (Phi) is 4.84. The molecule has 1 aliphatic heterocycles. The van der Waals surface area contributed by atoms with E-state index in [4.69, 9.17) is 10.1 Å². The number of hydrogen-bond donors (Lipinski definition) is 2. The summed E-state index contributed by atoms with van der Waals surface area (Å²) in [6, 6.07) is 13.3. The Morgan fingerprint density at radius 1 is 1.03 bits per heavy atom. The van der Waals surface area contributed by atoms with Gasteiger partial charge in [-0.2, -0.15) is 5.10 Å². The molecular formula is C24H19FN8O. The van der Waals surface area contributed by atoms with Crippen LogP contribution in [-0.4, -0.2) is 41.6 Å². The molecule has 0 atom stereocenters. The van der Waals surface area contributed by atoms with Crippen LogP contribution in [0.5, 0.6) is 0 Å². The second kappa shape index (κ2) is 8.16. The number of halogens is 1. The van der Waals surface area contributed by atoms with Crippen molar-refractivity contribution in [2.75, 3.05) is 11.9 Å².